The Labute approximate surface area is 106 Å². The molecule has 7 nitrogen and oxygen atoms in total. The van der Waals surface area contributed by atoms with E-state index in [2.05, 4.69) is 9.97 Å². The minimum absolute atomic E-state index is 0.0266. The van der Waals surface area contributed by atoms with E-state index in [1.165, 1.54) is 22.7 Å². The van der Waals surface area contributed by atoms with Gasteiger partial charge in [0.25, 0.3) is 5.69 Å². The Morgan fingerprint density at radius 1 is 1.21 bits per heavy atom. The highest BCUT2D eigenvalue weighted by Gasteiger charge is 2.08. The summed E-state index contributed by atoms with van der Waals surface area (Å²) in [5, 5.41) is 10.6. The van der Waals surface area contributed by atoms with Gasteiger partial charge < -0.3 is 4.98 Å². The second-order valence-electron chi connectivity index (χ2n) is 3.95. The first-order valence-electron chi connectivity index (χ1n) is 5.46. The molecule has 0 aliphatic heterocycles. The fraction of sp³-hybridized carbons (Fsp3) is 0. The highest BCUT2D eigenvalue weighted by Crippen LogP contribution is 2.21. The van der Waals surface area contributed by atoms with Gasteiger partial charge in [-0.15, -0.1) is 0 Å². The van der Waals surface area contributed by atoms with E-state index in [1.54, 1.807) is 24.4 Å². The van der Waals surface area contributed by atoms with Crippen LogP contribution in [0.15, 0.2) is 47.5 Å². The van der Waals surface area contributed by atoms with E-state index in [4.69, 9.17) is 0 Å². The molecule has 0 saturated heterocycles. The van der Waals surface area contributed by atoms with Gasteiger partial charge in [0, 0.05) is 24.5 Å². The third kappa shape index (κ3) is 1.86. The maximum Gasteiger partial charge on any atom is 0.353 e. The quantitative estimate of drug-likeness (QED) is 0.556. The minimum Gasteiger partial charge on any atom is -0.339 e. The molecule has 7 heteroatoms. The summed E-state index contributed by atoms with van der Waals surface area (Å²) in [4.78, 5) is 28.3. The van der Waals surface area contributed by atoms with Crippen LogP contribution in [0.3, 0.4) is 0 Å². The number of fused-ring (bicyclic) bond motifs is 1. The number of hydrogen-bond donors (Lipinski definition) is 1. The molecule has 0 spiro atoms. The number of nitrogens with one attached hydrogen (secondary N) is 1. The third-order valence-electron chi connectivity index (χ3n) is 2.79. The summed E-state index contributed by atoms with van der Waals surface area (Å²) in [5.74, 6) is 0. The average molecular weight is 256 g/mol. The highest BCUT2D eigenvalue weighted by atomic mass is 16.6. The molecule has 3 aromatic rings. The summed E-state index contributed by atoms with van der Waals surface area (Å²) in [6.45, 7) is 0. The van der Waals surface area contributed by atoms with Crippen molar-refractivity contribution in [2.75, 3.05) is 0 Å². The molecule has 0 saturated carbocycles. The van der Waals surface area contributed by atoms with E-state index in [-0.39, 0.29) is 11.4 Å². The molecule has 0 radical (unpaired) electrons. The number of non-ortho nitro benzene ring substituents is 1. The van der Waals surface area contributed by atoms with Gasteiger partial charge in [-0.05, 0) is 23.8 Å². The van der Waals surface area contributed by atoms with E-state index in [9.17, 15) is 14.9 Å². The van der Waals surface area contributed by atoms with Crippen LogP contribution in [0.4, 0.5) is 5.69 Å². The molecule has 94 valence electrons. The number of nitro groups is 1. The topological polar surface area (TPSA) is 93.3 Å². The fourth-order valence-corrected chi connectivity index (χ4v) is 1.85. The maximum atomic E-state index is 11.5. The Kier molecular flexibility index (Phi) is 2.38. The number of hydrogen-bond acceptors (Lipinski definition) is 4. The number of nitro benzene ring substituents is 1. The molecular formula is C12H8N4O3. The van der Waals surface area contributed by atoms with Gasteiger partial charge in [-0.1, -0.05) is 0 Å². The van der Waals surface area contributed by atoms with Gasteiger partial charge in [0.15, 0.2) is 0 Å². The van der Waals surface area contributed by atoms with Crippen LogP contribution in [0.1, 0.15) is 0 Å². The van der Waals surface area contributed by atoms with Crippen LogP contribution in [-0.4, -0.2) is 19.3 Å². The smallest absolute Gasteiger partial charge is 0.339 e. The van der Waals surface area contributed by atoms with Gasteiger partial charge in [-0.25, -0.2) is 9.78 Å². The van der Waals surface area contributed by atoms with E-state index >= 15 is 0 Å². The molecule has 0 fully saturated rings. The lowest BCUT2D eigenvalue weighted by atomic mass is 10.1. The molecule has 0 unspecified atom stereocenters. The summed E-state index contributed by atoms with van der Waals surface area (Å²) in [6, 6.07) is 7.77. The molecule has 1 aromatic carbocycles. The SMILES string of the molecule is O=c1nccc2[nH]c(-c3ccc([N+](=O)[O-])cc3)cn12. The largest absolute Gasteiger partial charge is 0.353 e. The summed E-state index contributed by atoms with van der Waals surface area (Å²) in [5.41, 5.74) is 1.72. The highest BCUT2D eigenvalue weighted by molar-refractivity contribution is 5.63. The molecular weight excluding hydrogens is 248 g/mol. The molecule has 2 aromatic heterocycles. The second-order valence-corrected chi connectivity index (χ2v) is 3.95. The molecule has 0 atom stereocenters. The van der Waals surface area contributed by atoms with Crippen molar-refractivity contribution in [3.8, 4) is 11.3 Å². The lowest BCUT2D eigenvalue weighted by molar-refractivity contribution is -0.384. The van der Waals surface area contributed by atoms with E-state index < -0.39 is 4.92 Å². The number of aromatic amines is 1. The number of benzene rings is 1. The van der Waals surface area contributed by atoms with E-state index in [0.29, 0.717) is 11.3 Å². The van der Waals surface area contributed by atoms with Crippen molar-refractivity contribution < 1.29 is 4.92 Å². The van der Waals surface area contributed by atoms with Gasteiger partial charge in [-0.2, -0.15) is 0 Å². The fourth-order valence-electron chi connectivity index (χ4n) is 1.85. The number of rotatable bonds is 2. The van der Waals surface area contributed by atoms with Gasteiger partial charge in [0.1, 0.15) is 5.65 Å². The van der Waals surface area contributed by atoms with Crippen molar-refractivity contribution in [3.05, 3.63) is 63.3 Å². The van der Waals surface area contributed by atoms with Gasteiger partial charge >= 0.3 is 5.69 Å². The first kappa shape index (κ1) is 11.1. The number of nitrogens with zero attached hydrogens (tertiary/aromatic N) is 3. The van der Waals surface area contributed by atoms with Crippen molar-refractivity contribution in [1.29, 1.82) is 0 Å². The summed E-state index contributed by atoms with van der Waals surface area (Å²) in [6.07, 6.45) is 3.04. The number of imidazole rings is 1. The maximum absolute atomic E-state index is 11.5. The normalized spacial score (nSPS) is 10.7. The van der Waals surface area contributed by atoms with Crippen molar-refractivity contribution in [3.63, 3.8) is 0 Å². The van der Waals surface area contributed by atoms with Crippen LogP contribution in [0, 0.1) is 10.1 Å². The van der Waals surface area contributed by atoms with Crippen LogP contribution in [0.5, 0.6) is 0 Å². The number of H-pyrrole nitrogens is 1. The van der Waals surface area contributed by atoms with Gasteiger partial charge in [-0.3, -0.25) is 14.5 Å². The minimum atomic E-state index is -0.455. The lowest BCUT2D eigenvalue weighted by Gasteiger charge is -1.96. The predicted molar refractivity (Wildman–Crippen MR) is 67.9 cm³/mol. The van der Waals surface area contributed by atoms with E-state index in [0.717, 1.165) is 5.56 Å². The van der Waals surface area contributed by atoms with E-state index in [1.807, 2.05) is 0 Å². The number of aromatic nitrogens is 3. The zero-order chi connectivity index (χ0) is 13.4. The summed E-state index contributed by atoms with van der Waals surface area (Å²) < 4.78 is 1.39. The standard InChI is InChI=1S/C12H8N4O3/c17-12-13-6-5-11-14-10(7-15(11)12)8-1-3-9(4-2-8)16(18)19/h1-7,14H. The van der Waals surface area contributed by atoms with Gasteiger partial charge in [0.05, 0.1) is 10.6 Å². The van der Waals surface area contributed by atoms with Crippen LogP contribution in [0.2, 0.25) is 0 Å². The van der Waals surface area contributed by atoms with Crippen LogP contribution in [-0.2, 0) is 0 Å². The van der Waals surface area contributed by atoms with Crippen molar-refractivity contribution in [1.82, 2.24) is 14.4 Å². The Morgan fingerprint density at radius 3 is 2.58 bits per heavy atom. The van der Waals surface area contributed by atoms with Crippen molar-refractivity contribution in [2.24, 2.45) is 0 Å². The van der Waals surface area contributed by atoms with Crippen molar-refractivity contribution >= 4 is 11.3 Å². The Balaban J connectivity index is 2.11. The summed E-state index contributed by atoms with van der Waals surface area (Å²) >= 11 is 0. The van der Waals surface area contributed by atoms with Crippen LogP contribution in [0.25, 0.3) is 16.9 Å². The molecule has 19 heavy (non-hydrogen) atoms. The molecule has 0 aliphatic rings. The molecule has 0 aliphatic carbocycles. The van der Waals surface area contributed by atoms with Crippen LogP contribution >= 0.6 is 0 Å². The lowest BCUT2D eigenvalue weighted by Crippen LogP contribution is -2.13. The molecule has 0 bridgehead atoms. The second kappa shape index (κ2) is 4.05. The monoisotopic (exact) mass is 256 g/mol. The Morgan fingerprint density at radius 2 is 1.95 bits per heavy atom. The average Bonchev–Trinajstić information content (AvgIpc) is 2.84. The van der Waals surface area contributed by atoms with Crippen molar-refractivity contribution in [2.45, 2.75) is 0 Å². The summed E-state index contributed by atoms with van der Waals surface area (Å²) in [7, 11) is 0. The van der Waals surface area contributed by atoms with Gasteiger partial charge in [0.2, 0.25) is 0 Å². The molecule has 0 amide bonds. The van der Waals surface area contributed by atoms with Crippen LogP contribution < -0.4 is 5.69 Å². The Bertz CT molecular complexity index is 817. The Hall–Kier alpha value is -2.96. The first-order chi connectivity index (χ1) is 9.15. The molecule has 1 N–H and O–H groups in total. The third-order valence-corrected chi connectivity index (χ3v) is 2.79. The zero-order valence-corrected chi connectivity index (χ0v) is 9.61. The predicted octanol–water partition coefficient (Wildman–Crippen LogP) is 1.60. The first-order valence-corrected chi connectivity index (χ1v) is 5.46. The zero-order valence-electron chi connectivity index (χ0n) is 9.61. The molecule has 2 heterocycles. The molecule has 3 rings (SSSR count).